The fraction of sp³-hybridized carbons (Fsp3) is 0.0492. The number of hydrogen-bond donors (Lipinski definition) is 0. The third-order valence-electron chi connectivity index (χ3n) is 13.4. The second-order valence-electron chi connectivity index (χ2n) is 17.4. The lowest BCUT2D eigenvalue weighted by Crippen LogP contribution is -2.17. The molecule has 12 rings (SSSR count). The lowest BCUT2D eigenvalue weighted by atomic mass is 9.82. The number of aromatic nitrogens is 1. The highest BCUT2D eigenvalue weighted by atomic mass is 15.1. The van der Waals surface area contributed by atoms with Crippen molar-refractivity contribution in [2.24, 2.45) is 0 Å². The molecular weight excluding hydrogens is 761 g/mol. The lowest BCUT2D eigenvalue weighted by molar-refractivity contribution is 0.660. The van der Waals surface area contributed by atoms with Crippen LogP contribution >= 0.6 is 0 Å². The zero-order valence-electron chi connectivity index (χ0n) is 35.3. The van der Waals surface area contributed by atoms with E-state index in [0.29, 0.717) is 0 Å². The molecule has 10 aromatic carbocycles. The summed E-state index contributed by atoms with van der Waals surface area (Å²) in [5, 5.41) is 5.05. The molecule has 1 aliphatic rings. The van der Waals surface area contributed by atoms with E-state index in [2.05, 4.69) is 254 Å². The molecule has 1 aliphatic carbocycles. The summed E-state index contributed by atoms with van der Waals surface area (Å²) in [5.41, 5.74) is 19.2. The molecule has 0 bridgehead atoms. The normalized spacial score (nSPS) is 12.7. The van der Waals surface area contributed by atoms with Gasteiger partial charge in [-0.25, -0.2) is 0 Å². The van der Waals surface area contributed by atoms with Crippen molar-refractivity contribution < 1.29 is 0 Å². The molecule has 11 aromatic rings. The van der Waals surface area contributed by atoms with Crippen LogP contribution < -0.4 is 4.90 Å². The van der Waals surface area contributed by atoms with Gasteiger partial charge in [0.1, 0.15) is 0 Å². The molecule has 0 N–H and O–H groups in total. The SMILES string of the molecule is CC1(C)c2cc(N(c3ccc(-c4ccc5ccccc5c4)cc3)c3cccc(-c4ccccc4-c4ccccc4)c3)ccc2-c2ccc(-n3c4ccccc4c4ccccc43)cc21. The Labute approximate surface area is 368 Å². The minimum Gasteiger partial charge on any atom is -0.310 e. The topological polar surface area (TPSA) is 8.17 Å². The summed E-state index contributed by atoms with van der Waals surface area (Å²) < 4.78 is 2.43. The molecule has 0 saturated carbocycles. The van der Waals surface area contributed by atoms with Gasteiger partial charge >= 0.3 is 0 Å². The van der Waals surface area contributed by atoms with Crippen LogP contribution in [-0.2, 0) is 5.41 Å². The van der Waals surface area contributed by atoms with Crippen molar-refractivity contribution in [2.75, 3.05) is 4.90 Å². The summed E-state index contributed by atoms with van der Waals surface area (Å²) in [6.07, 6.45) is 0. The van der Waals surface area contributed by atoms with E-state index in [1.165, 1.54) is 93.9 Å². The lowest BCUT2D eigenvalue weighted by Gasteiger charge is -2.29. The molecular formula is C61H44N2. The summed E-state index contributed by atoms with van der Waals surface area (Å²) >= 11 is 0. The van der Waals surface area contributed by atoms with Gasteiger partial charge in [0.2, 0.25) is 0 Å². The molecule has 0 aliphatic heterocycles. The molecule has 2 heteroatoms. The Balaban J connectivity index is 0.982. The summed E-state index contributed by atoms with van der Waals surface area (Å²) in [4.78, 5) is 2.43. The van der Waals surface area contributed by atoms with Crippen molar-refractivity contribution in [3.63, 3.8) is 0 Å². The number of nitrogens with zero attached hydrogens (tertiary/aromatic N) is 2. The fourth-order valence-electron chi connectivity index (χ4n) is 10.2. The van der Waals surface area contributed by atoms with Crippen LogP contribution in [0, 0.1) is 0 Å². The van der Waals surface area contributed by atoms with E-state index < -0.39 is 0 Å². The predicted octanol–water partition coefficient (Wildman–Crippen LogP) is 16.7. The van der Waals surface area contributed by atoms with Gasteiger partial charge in [-0.2, -0.15) is 0 Å². The van der Waals surface area contributed by atoms with Gasteiger partial charge in [-0.05, 0) is 133 Å². The largest absolute Gasteiger partial charge is 0.310 e. The second kappa shape index (κ2) is 14.6. The third-order valence-corrected chi connectivity index (χ3v) is 13.4. The molecule has 0 atom stereocenters. The molecule has 1 heterocycles. The quantitative estimate of drug-likeness (QED) is 0.156. The molecule has 2 nitrogen and oxygen atoms in total. The van der Waals surface area contributed by atoms with Gasteiger partial charge in [-0.1, -0.05) is 178 Å². The summed E-state index contributed by atoms with van der Waals surface area (Å²) in [7, 11) is 0. The number of fused-ring (bicyclic) bond motifs is 7. The standard InChI is InChI=1S/C61H44N2/c1-61(2)57-39-49(33-35-53(57)54-36-34-50(40-58(54)61)63-59-25-12-10-23-55(59)56-24-11-13-26-60(56)63)62(47-31-29-42(30-32-47)45-28-27-41-15-6-7-18-44(41)37-45)48-20-14-19-46(38-48)52-22-9-8-21-51(52)43-16-4-3-5-17-43/h3-40H,1-2H3. The van der Waals surface area contributed by atoms with E-state index in [-0.39, 0.29) is 5.41 Å². The first-order chi connectivity index (χ1) is 31.0. The summed E-state index contributed by atoms with van der Waals surface area (Å²) in [5.74, 6) is 0. The van der Waals surface area contributed by atoms with E-state index in [1.54, 1.807) is 0 Å². The van der Waals surface area contributed by atoms with Crippen LogP contribution in [0.25, 0.3) is 82.8 Å². The minimum absolute atomic E-state index is 0.239. The number of anilines is 3. The van der Waals surface area contributed by atoms with Gasteiger partial charge in [0.25, 0.3) is 0 Å². The fourth-order valence-corrected chi connectivity index (χ4v) is 10.2. The van der Waals surface area contributed by atoms with Crippen molar-refractivity contribution in [1.82, 2.24) is 4.57 Å². The van der Waals surface area contributed by atoms with Crippen LogP contribution in [-0.4, -0.2) is 4.57 Å². The smallest absolute Gasteiger partial charge is 0.0541 e. The molecule has 0 spiro atoms. The van der Waals surface area contributed by atoms with Crippen molar-refractivity contribution >= 4 is 49.6 Å². The van der Waals surface area contributed by atoms with Crippen molar-refractivity contribution in [3.05, 3.63) is 242 Å². The summed E-state index contributed by atoms with van der Waals surface area (Å²) in [6.45, 7) is 4.78. The highest BCUT2D eigenvalue weighted by molar-refractivity contribution is 6.09. The maximum absolute atomic E-state index is 2.44. The Morgan fingerprint density at radius 2 is 0.889 bits per heavy atom. The van der Waals surface area contributed by atoms with E-state index in [9.17, 15) is 0 Å². The number of para-hydroxylation sites is 2. The molecule has 298 valence electrons. The Morgan fingerprint density at radius 1 is 0.333 bits per heavy atom. The minimum atomic E-state index is -0.239. The van der Waals surface area contributed by atoms with Gasteiger partial charge in [-0.15, -0.1) is 0 Å². The van der Waals surface area contributed by atoms with Gasteiger partial charge in [0, 0.05) is 38.9 Å². The van der Waals surface area contributed by atoms with Crippen molar-refractivity contribution in [3.8, 4) is 50.2 Å². The zero-order chi connectivity index (χ0) is 42.1. The highest BCUT2D eigenvalue weighted by Crippen LogP contribution is 2.52. The van der Waals surface area contributed by atoms with Gasteiger partial charge in [0.15, 0.2) is 0 Å². The van der Waals surface area contributed by atoms with Crippen LogP contribution in [0.15, 0.2) is 231 Å². The molecule has 63 heavy (non-hydrogen) atoms. The maximum atomic E-state index is 2.44. The molecule has 0 amide bonds. The number of rotatable bonds is 7. The van der Waals surface area contributed by atoms with E-state index in [4.69, 9.17) is 0 Å². The van der Waals surface area contributed by atoms with Crippen LogP contribution in [0.2, 0.25) is 0 Å². The first-order valence-electron chi connectivity index (χ1n) is 21.9. The van der Waals surface area contributed by atoms with Crippen molar-refractivity contribution in [1.29, 1.82) is 0 Å². The third kappa shape index (κ3) is 6.09. The Bertz CT molecular complexity index is 3480. The van der Waals surface area contributed by atoms with Crippen LogP contribution in [0.3, 0.4) is 0 Å². The number of hydrogen-bond acceptors (Lipinski definition) is 1. The maximum Gasteiger partial charge on any atom is 0.0541 e. The number of benzene rings is 10. The highest BCUT2D eigenvalue weighted by Gasteiger charge is 2.36. The van der Waals surface area contributed by atoms with Crippen LogP contribution in [0.1, 0.15) is 25.0 Å². The van der Waals surface area contributed by atoms with Crippen molar-refractivity contribution in [2.45, 2.75) is 19.3 Å². The monoisotopic (exact) mass is 804 g/mol. The van der Waals surface area contributed by atoms with Crippen LogP contribution in [0.4, 0.5) is 17.1 Å². The first-order valence-corrected chi connectivity index (χ1v) is 21.9. The Hall–Kier alpha value is -7.94. The zero-order valence-corrected chi connectivity index (χ0v) is 35.3. The molecule has 0 radical (unpaired) electrons. The first kappa shape index (κ1) is 36.9. The van der Waals surface area contributed by atoms with Gasteiger partial charge in [0.05, 0.1) is 11.0 Å². The predicted molar refractivity (Wildman–Crippen MR) is 267 cm³/mol. The molecule has 1 aromatic heterocycles. The molecule has 0 fully saturated rings. The van der Waals surface area contributed by atoms with E-state index >= 15 is 0 Å². The summed E-state index contributed by atoms with van der Waals surface area (Å²) in [6, 6.07) is 84.6. The van der Waals surface area contributed by atoms with E-state index in [0.717, 1.165) is 17.1 Å². The van der Waals surface area contributed by atoms with Crippen LogP contribution in [0.5, 0.6) is 0 Å². The Kier molecular flexibility index (Phi) is 8.55. The van der Waals surface area contributed by atoms with E-state index in [1.807, 2.05) is 0 Å². The Morgan fingerprint density at radius 3 is 1.63 bits per heavy atom. The molecule has 0 saturated heterocycles. The van der Waals surface area contributed by atoms with Gasteiger partial charge < -0.3 is 9.47 Å². The molecule has 0 unspecified atom stereocenters. The average molecular weight is 805 g/mol. The van der Waals surface area contributed by atoms with Gasteiger partial charge in [-0.3, -0.25) is 0 Å². The average Bonchev–Trinajstić information content (AvgIpc) is 3.79. The second-order valence-corrected chi connectivity index (χ2v) is 17.4.